The molecule has 0 spiro atoms. The predicted molar refractivity (Wildman–Crippen MR) is 69.2 cm³/mol. The molecule has 0 aliphatic rings. The van der Waals surface area contributed by atoms with Crippen molar-refractivity contribution < 1.29 is 22.7 Å². The van der Waals surface area contributed by atoms with Gasteiger partial charge in [-0.1, -0.05) is 0 Å². The fourth-order valence-corrected chi connectivity index (χ4v) is 1.62. The van der Waals surface area contributed by atoms with Gasteiger partial charge in [0.15, 0.2) is 17.5 Å². The molecule has 0 bridgehead atoms. The second-order valence-corrected chi connectivity index (χ2v) is 4.11. The maximum absolute atomic E-state index is 13.4. The molecule has 7 heteroatoms. The highest BCUT2D eigenvalue weighted by Gasteiger charge is 2.13. The van der Waals surface area contributed by atoms with Crippen LogP contribution >= 0.6 is 0 Å². The molecule has 0 saturated carbocycles. The number of anilines is 1. The first-order valence-corrected chi connectivity index (χ1v) is 5.93. The molecule has 0 aliphatic carbocycles. The smallest absolute Gasteiger partial charge is 0.339 e. The van der Waals surface area contributed by atoms with Crippen molar-refractivity contribution in [3.8, 4) is 0 Å². The molecule has 0 amide bonds. The number of carbonyl (C=O) groups excluding carboxylic acids is 1. The van der Waals surface area contributed by atoms with Crippen LogP contribution in [-0.4, -0.2) is 18.1 Å². The number of methoxy groups -OCH3 is 1. The van der Waals surface area contributed by atoms with Gasteiger partial charge < -0.3 is 10.1 Å². The maximum Gasteiger partial charge on any atom is 0.339 e. The van der Waals surface area contributed by atoms with Crippen LogP contribution in [0, 0.1) is 17.5 Å². The molecule has 1 heterocycles. The van der Waals surface area contributed by atoms with Gasteiger partial charge in [0.1, 0.15) is 0 Å². The quantitative estimate of drug-likeness (QED) is 0.696. The van der Waals surface area contributed by atoms with E-state index in [2.05, 4.69) is 15.0 Å². The third-order valence-corrected chi connectivity index (χ3v) is 2.74. The first-order valence-electron chi connectivity index (χ1n) is 5.93. The molecule has 0 atom stereocenters. The average molecular weight is 296 g/mol. The van der Waals surface area contributed by atoms with E-state index < -0.39 is 23.4 Å². The number of nitrogens with zero attached hydrogens (tertiary/aromatic N) is 1. The highest BCUT2D eigenvalue weighted by atomic mass is 19.2. The summed E-state index contributed by atoms with van der Waals surface area (Å²) in [5, 5.41) is 2.60. The van der Waals surface area contributed by atoms with Gasteiger partial charge in [0.05, 0.1) is 30.6 Å². The summed E-state index contributed by atoms with van der Waals surface area (Å²) in [7, 11) is 1.25. The molecule has 0 saturated heterocycles. The summed E-state index contributed by atoms with van der Waals surface area (Å²) in [5.41, 5.74) is 0.597. The largest absolute Gasteiger partial charge is 0.465 e. The van der Waals surface area contributed by atoms with Gasteiger partial charge in [0.25, 0.3) is 0 Å². The Bertz CT molecular complexity index is 660. The van der Waals surface area contributed by atoms with E-state index in [1.165, 1.54) is 25.4 Å². The van der Waals surface area contributed by atoms with Crippen LogP contribution in [0.5, 0.6) is 0 Å². The van der Waals surface area contributed by atoms with E-state index in [1.807, 2.05) is 0 Å². The fraction of sp³-hybridized carbons (Fsp3) is 0.143. The Hall–Kier alpha value is -2.57. The third-order valence-electron chi connectivity index (χ3n) is 2.74. The van der Waals surface area contributed by atoms with Gasteiger partial charge in [0, 0.05) is 6.20 Å². The number of hydrogen-bond donors (Lipinski definition) is 1. The van der Waals surface area contributed by atoms with Gasteiger partial charge in [-0.25, -0.2) is 18.0 Å². The van der Waals surface area contributed by atoms with Crippen molar-refractivity contribution in [3.63, 3.8) is 0 Å². The fourth-order valence-electron chi connectivity index (χ4n) is 1.62. The standard InChI is InChI=1S/C14H11F3N2O2/c1-21-14(20)8-2-3-9(18-6-8)7-19-11-5-4-10(15)12(16)13(11)17/h2-6,19H,7H2,1H3. The number of benzene rings is 1. The minimum Gasteiger partial charge on any atom is -0.465 e. The van der Waals surface area contributed by atoms with E-state index in [0.29, 0.717) is 5.69 Å². The van der Waals surface area contributed by atoms with Crippen LogP contribution < -0.4 is 5.32 Å². The number of aromatic nitrogens is 1. The van der Waals surface area contributed by atoms with Gasteiger partial charge in [-0.2, -0.15) is 0 Å². The SMILES string of the molecule is COC(=O)c1ccc(CNc2ccc(F)c(F)c2F)nc1. The number of carbonyl (C=O) groups is 1. The zero-order valence-corrected chi connectivity index (χ0v) is 11.0. The van der Waals surface area contributed by atoms with Crippen molar-refractivity contribution in [2.75, 3.05) is 12.4 Å². The van der Waals surface area contributed by atoms with Crippen molar-refractivity contribution in [1.29, 1.82) is 0 Å². The minimum absolute atomic E-state index is 0.0868. The van der Waals surface area contributed by atoms with E-state index in [1.54, 1.807) is 0 Å². The molecule has 0 unspecified atom stereocenters. The summed E-state index contributed by atoms with van der Waals surface area (Å²) in [6, 6.07) is 4.96. The lowest BCUT2D eigenvalue weighted by Crippen LogP contribution is -2.07. The molecular formula is C14H11F3N2O2. The van der Waals surface area contributed by atoms with Crippen molar-refractivity contribution >= 4 is 11.7 Å². The summed E-state index contributed by atoms with van der Waals surface area (Å²) in [5.74, 6) is -4.59. The van der Waals surface area contributed by atoms with Crippen LogP contribution in [0.2, 0.25) is 0 Å². The second-order valence-electron chi connectivity index (χ2n) is 4.11. The molecule has 1 aromatic carbocycles. The number of pyridine rings is 1. The summed E-state index contributed by atoms with van der Waals surface area (Å²) < 4.78 is 43.8. The number of nitrogens with one attached hydrogen (secondary N) is 1. The summed E-state index contributed by atoms with van der Waals surface area (Å²) in [6.07, 6.45) is 1.31. The van der Waals surface area contributed by atoms with Crippen LogP contribution in [0.25, 0.3) is 0 Å². The lowest BCUT2D eigenvalue weighted by atomic mass is 10.2. The Morgan fingerprint density at radius 2 is 1.95 bits per heavy atom. The molecule has 21 heavy (non-hydrogen) atoms. The van der Waals surface area contributed by atoms with Gasteiger partial charge in [0.2, 0.25) is 0 Å². The summed E-state index contributed by atoms with van der Waals surface area (Å²) in [6.45, 7) is 0.0868. The predicted octanol–water partition coefficient (Wildman–Crippen LogP) is 2.90. The first kappa shape index (κ1) is 14.8. The van der Waals surface area contributed by atoms with Crippen LogP contribution in [0.3, 0.4) is 0 Å². The molecular weight excluding hydrogens is 285 g/mol. The lowest BCUT2D eigenvalue weighted by molar-refractivity contribution is 0.0600. The number of esters is 1. The van der Waals surface area contributed by atoms with E-state index in [4.69, 9.17) is 0 Å². The normalized spacial score (nSPS) is 10.3. The van der Waals surface area contributed by atoms with Crippen molar-refractivity contribution in [3.05, 3.63) is 59.2 Å². The molecule has 110 valence electrons. The third kappa shape index (κ3) is 3.31. The lowest BCUT2D eigenvalue weighted by Gasteiger charge is -2.08. The molecule has 2 aromatic rings. The van der Waals surface area contributed by atoms with Crippen molar-refractivity contribution in [2.45, 2.75) is 6.54 Å². The van der Waals surface area contributed by atoms with E-state index in [-0.39, 0.29) is 17.8 Å². The zero-order chi connectivity index (χ0) is 15.4. The Balaban J connectivity index is 2.07. The molecule has 0 radical (unpaired) electrons. The molecule has 2 rings (SSSR count). The Kier molecular flexibility index (Phi) is 4.42. The molecule has 0 aliphatic heterocycles. The van der Waals surface area contributed by atoms with Crippen LogP contribution in [-0.2, 0) is 11.3 Å². The van der Waals surface area contributed by atoms with Gasteiger partial charge in [-0.05, 0) is 24.3 Å². The Labute approximate surface area is 118 Å². The molecule has 1 N–H and O–H groups in total. The highest BCUT2D eigenvalue weighted by molar-refractivity contribution is 5.88. The van der Waals surface area contributed by atoms with Gasteiger partial charge in [-0.3, -0.25) is 4.98 Å². The van der Waals surface area contributed by atoms with E-state index >= 15 is 0 Å². The Morgan fingerprint density at radius 1 is 1.19 bits per heavy atom. The van der Waals surface area contributed by atoms with E-state index in [9.17, 15) is 18.0 Å². The van der Waals surface area contributed by atoms with E-state index in [0.717, 1.165) is 12.1 Å². The molecule has 1 aromatic heterocycles. The highest BCUT2D eigenvalue weighted by Crippen LogP contribution is 2.20. The topological polar surface area (TPSA) is 51.2 Å². The zero-order valence-electron chi connectivity index (χ0n) is 11.0. The monoisotopic (exact) mass is 296 g/mol. The summed E-state index contributed by atoms with van der Waals surface area (Å²) >= 11 is 0. The summed E-state index contributed by atoms with van der Waals surface area (Å²) in [4.78, 5) is 15.2. The number of hydrogen-bond acceptors (Lipinski definition) is 4. The van der Waals surface area contributed by atoms with Crippen LogP contribution in [0.1, 0.15) is 16.1 Å². The number of ether oxygens (including phenoxy) is 1. The number of halogens is 3. The molecule has 0 fully saturated rings. The van der Waals surface area contributed by atoms with Crippen LogP contribution in [0.15, 0.2) is 30.5 Å². The van der Waals surface area contributed by atoms with Crippen molar-refractivity contribution in [2.24, 2.45) is 0 Å². The second kappa shape index (κ2) is 6.25. The first-order chi connectivity index (χ1) is 10.0. The molecule has 4 nitrogen and oxygen atoms in total. The van der Waals surface area contributed by atoms with Crippen LogP contribution in [0.4, 0.5) is 18.9 Å². The minimum atomic E-state index is -1.53. The Morgan fingerprint density at radius 3 is 2.57 bits per heavy atom. The average Bonchev–Trinajstić information content (AvgIpc) is 2.52. The van der Waals surface area contributed by atoms with Gasteiger partial charge in [-0.15, -0.1) is 0 Å². The van der Waals surface area contributed by atoms with Gasteiger partial charge >= 0.3 is 5.97 Å². The van der Waals surface area contributed by atoms with Crippen molar-refractivity contribution in [1.82, 2.24) is 4.98 Å². The maximum atomic E-state index is 13.4. The number of rotatable bonds is 4.